The highest BCUT2D eigenvalue weighted by Crippen LogP contribution is 2.20. The zero-order valence-electron chi connectivity index (χ0n) is 15.1. The second-order valence-corrected chi connectivity index (χ2v) is 6.31. The van der Waals surface area contributed by atoms with Crippen LogP contribution < -0.4 is 10.9 Å². The largest absolute Gasteiger partial charge is 0.508 e. The minimum absolute atomic E-state index is 0.0726. The molecule has 0 saturated carbocycles. The van der Waals surface area contributed by atoms with E-state index < -0.39 is 0 Å². The standard InChI is InChI=1S/C22H17N3O3/c1-14-5-4-6-16(11-14)24-22-18(21(27)25-20-7-2-3-10-23-20)12-15-8-9-17(26)13-19(15)28-22/h2-13,26H,1H3,(H,23,25,27). The van der Waals surface area contributed by atoms with Crippen LogP contribution in [-0.2, 0) is 0 Å². The van der Waals surface area contributed by atoms with Crippen molar-refractivity contribution in [2.75, 3.05) is 5.32 Å². The lowest BCUT2D eigenvalue weighted by Gasteiger charge is -2.07. The normalized spacial score (nSPS) is 11.5. The van der Waals surface area contributed by atoms with Gasteiger partial charge in [-0.3, -0.25) is 4.79 Å². The molecule has 6 nitrogen and oxygen atoms in total. The quantitative estimate of drug-likeness (QED) is 0.561. The van der Waals surface area contributed by atoms with Crippen LogP contribution in [0.4, 0.5) is 11.5 Å². The molecule has 0 unspecified atom stereocenters. The molecule has 138 valence electrons. The molecule has 2 aromatic heterocycles. The van der Waals surface area contributed by atoms with Gasteiger partial charge in [-0.1, -0.05) is 18.2 Å². The minimum atomic E-state index is -0.385. The number of aryl methyl sites for hydroxylation is 1. The molecular formula is C22H17N3O3. The van der Waals surface area contributed by atoms with Crippen molar-refractivity contribution in [1.29, 1.82) is 0 Å². The van der Waals surface area contributed by atoms with Crippen LogP contribution in [0.3, 0.4) is 0 Å². The third-order valence-electron chi connectivity index (χ3n) is 4.12. The number of anilines is 1. The topological polar surface area (TPSA) is 87.7 Å². The molecule has 0 aliphatic heterocycles. The molecule has 6 heteroatoms. The lowest BCUT2D eigenvalue weighted by atomic mass is 10.1. The molecule has 1 amide bonds. The second-order valence-electron chi connectivity index (χ2n) is 6.31. The maximum Gasteiger partial charge on any atom is 0.262 e. The molecule has 2 aromatic carbocycles. The van der Waals surface area contributed by atoms with Crippen LogP contribution in [0.2, 0.25) is 0 Å². The molecule has 0 fully saturated rings. The lowest BCUT2D eigenvalue weighted by molar-refractivity contribution is 0.102. The molecule has 0 aliphatic rings. The van der Waals surface area contributed by atoms with Gasteiger partial charge in [0.2, 0.25) is 5.55 Å². The van der Waals surface area contributed by atoms with E-state index in [2.05, 4.69) is 15.3 Å². The van der Waals surface area contributed by atoms with Crippen LogP contribution >= 0.6 is 0 Å². The SMILES string of the molecule is Cc1cccc(N=c2oc3cc(O)ccc3cc2C(=O)Nc2ccccn2)c1. The summed E-state index contributed by atoms with van der Waals surface area (Å²) in [6, 6.07) is 19.2. The van der Waals surface area contributed by atoms with E-state index in [1.807, 2.05) is 31.2 Å². The Hall–Kier alpha value is -3.93. The Bertz CT molecular complexity index is 1230. The van der Waals surface area contributed by atoms with Crippen molar-refractivity contribution in [2.45, 2.75) is 6.92 Å². The van der Waals surface area contributed by atoms with E-state index >= 15 is 0 Å². The number of phenolic OH excluding ortho intramolecular Hbond substituents is 1. The third kappa shape index (κ3) is 3.76. The van der Waals surface area contributed by atoms with Gasteiger partial charge in [0.15, 0.2) is 0 Å². The minimum Gasteiger partial charge on any atom is -0.508 e. The molecule has 4 aromatic rings. The summed E-state index contributed by atoms with van der Waals surface area (Å²) in [5.74, 6) is 0.118. The Labute approximate surface area is 160 Å². The van der Waals surface area contributed by atoms with E-state index in [4.69, 9.17) is 4.42 Å². The van der Waals surface area contributed by atoms with Gasteiger partial charge in [-0.05, 0) is 55.0 Å². The number of benzene rings is 2. The van der Waals surface area contributed by atoms with Gasteiger partial charge in [0, 0.05) is 17.6 Å². The van der Waals surface area contributed by atoms with Gasteiger partial charge >= 0.3 is 0 Å². The average molecular weight is 371 g/mol. The summed E-state index contributed by atoms with van der Waals surface area (Å²) in [6.07, 6.45) is 1.60. The molecule has 0 aliphatic carbocycles. The number of aromatic hydroxyl groups is 1. The first kappa shape index (κ1) is 17.5. The molecule has 0 atom stereocenters. The Morgan fingerprint density at radius 1 is 1.07 bits per heavy atom. The Morgan fingerprint density at radius 3 is 2.75 bits per heavy atom. The summed E-state index contributed by atoms with van der Waals surface area (Å²) >= 11 is 0. The highest BCUT2D eigenvalue weighted by Gasteiger charge is 2.14. The van der Waals surface area contributed by atoms with E-state index in [1.54, 1.807) is 36.5 Å². The van der Waals surface area contributed by atoms with Crippen molar-refractivity contribution in [2.24, 2.45) is 4.99 Å². The summed E-state index contributed by atoms with van der Waals surface area (Å²) in [7, 11) is 0. The average Bonchev–Trinajstić information content (AvgIpc) is 2.68. The molecule has 28 heavy (non-hydrogen) atoms. The van der Waals surface area contributed by atoms with Gasteiger partial charge in [-0.2, -0.15) is 0 Å². The molecule has 4 rings (SSSR count). The Morgan fingerprint density at radius 2 is 1.96 bits per heavy atom. The monoisotopic (exact) mass is 371 g/mol. The lowest BCUT2D eigenvalue weighted by Crippen LogP contribution is -2.22. The maximum absolute atomic E-state index is 12.9. The summed E-state index contributed by atoms with van der Waals surface area (Å²) in [4.78, 5) is 21.5. The van der Waals surface area contributed by atoms with Crippen LogP contribution in [0.1, 0.15) is 15.9 Å². The van der Waals surface area contributed by atoms with E-state index in [0.29, 0.717) is 22.5 Å². The number of pyridine rings is 1. The van der Waals surface area contributed by atoms with Gasteiger partial charge in [0.25, 0.3) is 5.91 Å². The molecule has 2 N–H and O–H groups in total. The number of nitrogens with one attached hydrogen (secondary N) is 1. The van der Waals surface area contributed by atoms with Crippen molar-refractivity contribution in [3.8, 4) is 5.75 Å². The maximum atomic E-state index is 12.9. The van der Waals surface area contributed by atoms with Crippen LogP contribution in [0, 0.1) is 6.92 Å². The first-order chi connectivity index (χ1) is 13.6. The van der Waals surface area contributed by atoms with Gasteiger partial charge in [0.05, 0.1) is 5.69 Å². The first-order valence-corrected chi connectivity index (χ1v) is 8.69. The van der Waals surface area contributed by atoms with Crippen molar-refractivity contribution < 1.29 is 14.3 Å². The van der Waals surface area contributed by atoms with Crippen LogP contribution in [0.5, 0.6) is 5.75 Å². The fraction of sp³-hybridized carbons (Fsp3) is 0.0455. The predicted molar refractivity (Wildman–Crippen MR) is 106 cm³/mol. The van der Waals surface area contributed by atoms with Crippen molar-refractivity contribution >= 4 is 28.4 Å². The predicted octanol–water partition coefficient (Wildman–Crippen LogP) is 4.33. The number of carbonyl (C=O) groups excluding carboxylic acids is 1. The van der Waals surface area contributed by atoms with Crippen molar-refractivity contribution in [3.05, 3.63) is 89.6 Å². The molecule has 2 heterocycles. The first-order valence-electron chi connectivity index (χ1n) is 8.69. The highest BCUT2D eigenvalue weighted by atomic mass is 16.3. The van der Waals surface area contributed by atoms with E-state index in [1.165, 1.54) is 12.1 Å². The summed E-state index contributed by atoms with van der Waals surface area (Å²) in [6.45, 7) is 1.96. The van der Waals surface area contributed by atoms with Crippen LogP contribution in [0.25, 0.3) is 11.0 Å². The zero-order chi connectivity index (χ0) is 19.5. The van der Waals surface area contributed by atoms with Crippen LogP contribution in [-0.4, -0.2) is 16.0 Å². The number of rotatable bonds is 3. The number of nitrogens with zero attached hydrogens (tertiary/aromatic N) is 2. The Kier molecular flexibility index (Phi) is 4.60. The summed E-state index contributed by atoms with van der Waals surface area (Å²) in [5.41, 5.74) is 2.55. The number of fused-ring (bicyclic) bond motifs is 1. The number of carbonyl (C=O) groups is 1. The highest BCUT2D eigenvalue weighted by molar-refractivity contribution is 6.05. The zero-order valence-corrected chi connectivity index (χ0v) is 15.1. The van der Waals surface area contributed by atoms with Gasteiger partial charge < -0.3 is 14.8 Å². The summed E-state index contributed by atoms with van der Waals surface area (Å²) < 4.78 is 5.87. The number of aromatic nitrogens is 1. The summed E-state index contributed by atoms with van der Waals surface area (Å²) in [5, 5.41) is 13.2. The number of hydrogen-bond donors (Lipinski definition) is 2. The smallest absolute Gasteiger partial charge is 0.262 e. The van der Waals surface area contributed by atoms with Gasteiger partial charge in [-0.25, -0.2) is 9.98 Å². The van der Waals surface area contributed by atoms with E-state index in [0.717, 1.165) is 5.56 Å². The fourth-order valence-corrected chi connectivity index (χ4v) is 2.79. The molecule has 0 bridgehead atoms. The molecular weight excluding hydrogens is 354 g/mol. The number of amides is 1. The molecule has 0 spiro atoms. The molecule has 0 radical (unpaired) electrons. The van der Waals surface area contributed by atoms with Crippen molar-refractivity contribution in [3.63, 3.8) is 0 Å². The molecule has 0 saturated heterocycles. The van der Waals surface area contributed by atoms with Crippen molar-refractivity contribution in [1.82, 2.24) is 4.98 Å². The Balaban J connectivity index is 1.87. The third-order valence-corrected chi connectivity index (χ3v) is 4.12. The van der Waals surface area contributed by atoms with E-state index in [9.17, 15) is 9.90 Å². The second kappa shape index (κ2) is 7.36. The fourth-order valence-electron chi connectivity index (χ4n) is 2.79. The number of hydrogen-bond acceptors (Lipinski definition) is 5. The van der Waals surface area contributed by atoms with Crippen LogP contribution in [0.15, 0.2) is 82.3 Å². The number of phenols is 1. The van der Waals surface area contributed by atoms with Gasteiger partial charge in [-0.15, -0.1) is 0 Å². The van der Waals surface area contributed by atoms with E-state index in [-0.39, 0.29) is 22.8 Å². The van der Waals surface area contributed by atoms with Gasteiger partial charge in [0.1, 0.15) is 22.7 Å².